The van der Waals surface area contributed by atoms with E-state index < -0.39 is 0 Å². The standard InChI is InChI=1S/C17H19ClN2O3S/c1-3-17-20-10(2)15(24-17)9-19-16(21)7-11-6-13-14(8-12(11)18)23-5-4-22-13/h6,8H,3-5,7,9H2,1-2H3,(H,19,21). The van der Waals surface area contributed by atoms with Crippen molar-refractivity contribution in [2.75, 3.05) is 13.2 Å². The number of rotatable bonds is 5. The third kappa shape index (κ3) is 3.82. The van der Waals surface area contributed by atoms with Crippen LogP contribution in [0.5, 0.6) is 11.5 Å². The highest BCUT2D eigenvalue weighted by atomic mass is 35.5. The fourth-order valence-electron chi connectivity index (χ4n) is 2.46. The Kier molecular flexibility index (Phi) is 5.26. The summed E-state index contributed by atoms with van der Waals surface area (Å²) in [5, 5.41) is 4.53. The zero-order valence-corrected chi connectivity index (χ0v) is 15.2. The van der Waals surface area contributed by atoms with Crippen LogP contribution < -0.4 is 14.8 Å². The lowest BCUT2D eigenvalue weighted by molar-refractivity contribution is -0.120. The number of carbonyl (C=O) groups is 1. The van der Waals surface area contributed by atoms with Crippen LogP contribution in [-0.2, 0) is 24.2 Å². The number of aryl methyl sites for hydroxylation is 2. The Morgan fingerprint density at radius 3 is 2.71 bits per heavy atom. The predicted molar refractivity (Wildman–Crippen MR) is 94.2 cm³/mol. The number of carbonyl (C=O) groups excluding carboxylic acids is 1. The smallest absolute Gasteiger partial charge is 0.224 e. The van der Waals surface area contributed by atoms with Gasteiger partial charge in [-0.25, -0.2) is 4.98 Å². The molecule has 3 rings (SSSR count). The number of thiazole rings is 1. The van der Waals surface area contributed by atoms with Gasteiger partial charge in [-0.2, -0.15) is 0 Å². The van der Waals surface area contributed by atoms with Gasteiger partial charge in [0, 0.05) is 16.0 Å². The van der Waals surface area contributed by atoms with E-state index in [4.69, 9.17) is 21.1 Å². The lowest BCUT2D eigenvalue weighted by atomic mass is 10.1. The van der Waals surface area contributed by atoms with E-state index in [9.17, 15) is 4.79 Å². The van der Waals surface area contributed by atoms with E-state index in [1.807, 2.05) is 6.92 Å². The summed E-state index contributed by atoms with van der Waals surface area (Å²) in [7, 11) is 0. The average molecular weight is 367 g/mol. The fourth-order valence-corrected chi connectivity index (χ4v) is 3.63. The summed E-state index contributed by atoms with van der Waals surface area (Å²) in [5.41, 5.74) is 1.71. The number of aromatic nitrogens is 1. The van der Waals surface area contributed by atoms with E-state index in [2.05, 4.69) is 17.2 Å². The Bertz CT molecular complexity index is 761. The molecule has 0 atom stereocenters. The molecule has 0 saturated heterocycles. The highest BCUT2D eigenvalue weighted by Crippen LogP contribution is 2.35. The molecule has 1 aliphatic heterocycles. The van der Waals surface area contributed by atoms with Gasteiger partial charge in [-0.1, -0.05) is 18.5 Å². The van der Waals surface area contributed by atoms with Crippen LogP contribution in [0.2, 0.25) is 5.02 Å². The Balaban J connectivity index is 1.63. The van der Waals surface area contributed by atoms with Gasteiger partial charge in [0.05, 0.1) is 23.7 Å². The second-order valence-electron chi connectivity index (χ2n) is 5.51. The van der Waals surface area contributed by atoms with Gasteiger partial charge in [0.1, 0.15) is 13.2 Å². The van der Waals surface area contributed by atoms with Gasteiger partial charge >= 0.3 is 0 Å². The van der Waals surface area contributed by atoms with E-state index in [1.54, 1.807) is 23.5 Å². The molecular weight excluding hydrogens is 348 g/mol. The highest BCUT2D eigenvalue weighted by Gasteiger charge is 2.17. The summed E-state index contributed by atoms with van der Waals surface area (Å²) in [4.78, 5) is 17.8. The fraction of sp³-hybridized carbons (Fsp3) is 0.412. The van der Waals surface area contributed by atoms with Crippen LogP contribution in [0.25, 0.3) is 0 Å². The molecule has 7 heteroatoms. The lowest BCUT2D eigenvalue weighted by Crippen LogP contribution is -2.24. The highest BCUT2D eigenvalue weighted by molar-refractivity contribution is 7.11. The maximum Gasteiger partial charge on any atom is 0.224 e. The van der Waals surface area contributed by atoms with Crippen LogP contribution in [0.1, 0.15) is 28.1 Å². The van der Waals surface area contributed by atoms with Gasteiger partial charge < -0.3 is 14.8 Å². The third-order valence-electron chi connectivity index (χ3n) is 3.75. The monoisotopic (exact) mass is 366 g/mol. The van der Waals surface area contributed by atoms with Crippen LogP contribution in [0.4, 0.5) is 0 Å². The molecule has 0 unspecified atom stereocenters. The first-order valence-corrected chi connectivity index (χ1v) is 9.06. The molecule has 2 heterocycles. The molecule has 1 aromatic carbocycles. The quantitative estimate of drug-likeness (QED) is 0.882. The minimum absolute atomic E-state index is 0.0839. The van der Waals surface area contributed by atoms with Crippen molar-refractivity contribution in [1.82, 2.24) is 10.3 Å². The minimum atomic E-state index is -0.0839. The van der Waals surface area contributed by atoms with Crippen molar-refractivity contribution in [2.24, 2.45) is 0 Å². The van der Waals surface area contributed by atoms with E-state index >= 15 is 0 Å². The summed E-state index contributed by atoms with van der Waals surface area (Å²) in [5.74, 6) is 1.18. The molecule has 1 amide bonds. The van der Waals surface area contributed by atoms with Crippen molar-refractivity contribution in [3.63, 3.8) is 0 Å². The molecule has 0 saturated carbocycles. The first-order chi connectivity index (χ1) is 11.6. The number of hydrogen-bond acceptors (Lipinski definition) is 5. The molecule has 2 aromatic rings. The number of nitrogens with zero attached hydrogens (tertiary/aromatic N) is 1. The largest absolute Gasteiger partial charge is 0.486 e. The molecule has 24 heavy (non-hydrogen) atoms. The molecule has 0 fully saturated rings. The van der Waals surface area contributed by atoms with Gasteiger partial charge in [0.2, 0.25) is 5.91 Å². The topological polar surface area (TPSA) is 60.5 Å². The minimum Gasteiger partial charge on any atom is -0.486 e. The summed E-state index contributed by atoms with van der Waals surface area (Å²) in [6.45, 7) is 5.55. The van der Waals surface area contributed by atoms with E-state index in [1.165, 1.54) is 0 Å². The van der Waals surface area contributed by atoms with Crippen LogP contribution >= 0.6 is 22.9 Å². The van der Waals surface area contributed by atoms with Crippen LogP contribution in [0.3, 0.4) is 0 Å². The number of fused-ring (bicyclic) bond motifs is 1. The first kappa shape index (κ1) is 17.0. The van der Waals surface area contributed by atoms with Crippen molar-refractivity contribution in [2.45, 2.75) is 33.2 Å². The molecule has 5 nitrogen and oxygen atoms in total. The summed E-state index contributed by atoms with van der Waals surface area (Å²) in [6, 6.07) is 3.49. The van der Waals surface area contributed by atoms with Gasteiger partial charge in [-0.05, 0) is 25.0 Å². The predicted octanol–water partition coefficient (Wildman–Crippen LogP) is 3.30. The Morgan fingerprint density at radius 2 is 2.04 bits per heavy atom. The molecule has 1 N–H and O–H groups in total. The first-order valence-electron chi connectivity index (χ1n) is 7.86. The number of ether oxygens (including phenoxy) is 2. The Hall–Kier alpha value is -1.79. The molecule has 0 radical (unpaired) electrons. The molecule has 1 aliphatic rings. The summed E-state index contributed by atoms with van der Waals surface area (Å²) < 4.78 is 11.0. The second kappa shape index (κ2) is 7.40. The van der Waals surface area contributed by atoms with Gasteiger partial charge in [0.25, 0.3) is 0 Å². The number of hydrogen-bond donors (Lipinski definition) is 1. The number of benzene rings is 1. The zero-order chi connectivity index (χ0) is 17.1. The second-order valence-corrected chi connectivity index (χ2v) is 7.09. The van der Waals surface area contributed by atoms with E-state index in [-0.39, 0.29) is 12.3 Å². The Labute approximate surface area is 150 Å². The molecular formula is C17H19ClN2O3S. The van der Waals surface area contributed by atoms with E-state index in [0.29, 0.717) is 36.3 Å². The van der Waals surface area contributed by atoms with Crippen LogP contribution in [-0.4, -0.2) is 24.1 Å². The summed E-state index contributed by atoms with van der Waals surface area (Å²) in [6.07, 6.45) is 1.11. The molecule has 128 valence electrons. The molecule has 1 aromatic heterocycles. The van der Waals surface area contributed by atoms with Crippen molar-refractivity contribution < 1.29 is 14.3 Å². The molecule has 0 bridgehead atoms. The third-order valence-corrected chi connectivity index (χ3v) is 5.40. The normalized spacial score (nSPS) is 13.0. The SMILES string of the molecule is CCc1nc(C)c(CNC(=O)Cc2cc3c(cc2Cl)OCCO3)s1. The van der Waals surface area contributed by atoms with Crippen LogP contribution in [0, 0.1) is 6.92 Å². The Morgan fingerprint density at radius 1 is 1.33 bits per heavy atom. The number of amides is 1. The van der Waals surface area contributed by atoms with Gasteiger partial charge in [-0.15, -0.1) is 11.3 Å². The van der Waals surface area contributed by atoms with E-state index in [0.717, 1.165) is 27.6 Å². The zero-order valence-electron chi connectivity index (χ0n) is 13.6. The van der Waals surface area contributed by atoms with Crippen LogP contribution in [0.15, 0.2) is 12.1 Å². The van der Waals surface area contributed by atoms with Gasteiger partial charge in [-0.3, -0.25) is 4.79 Å². The maximum absolute atomic E-state index is 12.2. The molecule has 0 spiro atoms. The van der Waals surface area contributed by atoms with Gasteiger partial charge in [0.15, 0.2) is 11.5 Å². The van der Waals surface area contributed by atoms with Crippen molar-refractivity contribution in [3.05, 3.63) is 38.3 Å². The molecule has 0 aliphatic carbocycles. The number of nitrogens with one attached hydrogen (secondary N) is 1. The maximum atomic E-state index is 12.2. The number of halogens is 1. The van der Waals surface area contributed by atoms with Crippen molar-refractivity contribution in [3.8, 4) is 11.5 Å². The lowest BCUT2D eigenvalue weighted by Gasteiger charge is -2.19. The van der Waals surface area contributed by atoms with Crippen molar-refractivity contribution in [1.29, 1.82) is 0 Å². The average Bonchev–Trinajstić information content (AvgIpc) is 2.94. The summed E-state index contributed by atoms with van der Waals surface area (Å²) >= 11 is 7.89. The van der Waals surface area contributed by atoms with Crippen molar-refractivity contribution >= 4 is 28.8 Å².